The van der Waals surface area contributed by atoms with E-state index in [1.165, 1.54) is 24.3 Å². The minimum Gasteiger partial charge on any atom is -0.458 e. The van der Waals surface area contributed by atoms with Gasteiger partial charge in [0, 0.05) is 59.3 Å². The lowest BCUT2D eigenvalue weighted by Gasteiger charge is -2.22. The molecule has 0 radical (unpaired) electrons. The molecule has 1 atom stereocenters. The van der Waals surface area contributed by atoms with Crippen LogP contribution in [0.15, 0.2) is 46.9 Å². The van der Waals surface area contributed by atoms with Gasteiger partial charge in [0.25, 0.3) is 5.91 Å². The molecule has 0 N–H and O–H groups in total. The highest BCUT2D eigenvalue weighted by molar-refractivity contribution is 7.54. The first-order valence-electron chi connectivity index (χ1n) is 13.7. The molecule has 5 rings (SSSR count). The van der Waals surface area contributed by atoms with Crippen LogP contribution < -0.4 is 4.74 Å². The number of amides is 1. The second-order valence-electron chi connectivity index (χ2n) is 8.18. The van der Waals surface area contributed by atoms with Gasteiger partial charge < -0.3 is 14.1 Å². The number of carbonyl (C=O) groups is 1. The Balaban J connectivity index is 1.43. The Labute approximate surface area is 209 Å². The van der Waals surface area contributed by atoms with Crippen LogP contribution in [-0.2, 0) is 9.09 Å². The summed E-state index contributed by atoms with van der Waals surface area (Å²) in [4.78, 5) is 23.8. The standard InChI is InChI=1S/C23H25N4O7P/c1-15(34-35(31,25-7-8-25)26-9-10-26)20-12-17-13-22(19(27(29)30)14-21(17)33-20)32-18-6-4-5-16(11-18)23(28)24(2)3/h4-6,11-15H,7-10H2,1-3H3/t15-/m0/s1/i2D3,3D3. The zero-order valence-electron chi connectivity index (χ0n) is 24.5. The van der Waals surface area contributed by atoms with Crippen LogP contribution in [0.1, 0.15) is 37.4 Å². The third kappa shape index (κ3) is 4.68. The van der Waals surface area contributed by atoms with Gasteiger partial charge in [-0.05, 0) is 37.3 Å². The van der Waals surface area contributed by atoms with Crippen LogP contribution >= 0.6 is 7.67 Å². The maximum atomic E-state index is 13.4. The number of fused-ring (bicyclic) bond motifs is 1. The lowest BCUT2D eigenvalue weighted by Crippen LogP contribution is -2.21. The van der Waals surface area contributed by atoms with Gasteiger partial charge in [0.1, 0.15) is 23.2 Å². The number of benzene rings is 2. The van der Waals surface area contributed by atoms with Crippen LogP contribution in [-0.4, -0.2) is 65.2 Å². The van der Waals surface area contributed by atoms with Gasteiger partial charge in [-0.1, -0.05) is 6.07 Å². The van der Waals surface area contributed by atoms with Crippen LogP contribution in [0.4, 0.5) is 5.69 Å². The third-order valence-corrected chi connectivity index (χ3v) is 8.40. The van der Waals surface area contributed by atoms with Crippen molar-refractivity contribution in [3.63, 3.8) is 0 Å². The van der Waals surface area contributed by atoms with Crippen molar-refractivity contribution in [2.24, 2.45) is 0 Å². The Hall–Kier alpha value is -3.24. The molecule has 0 aliphatic carbocycles. The highest BCUT2D eigenvalue weighted by atomic mass is 31.2. The first-order chi connectivity index (χ1) is 19.1. The third-order valence-electron chi connectivity index (χ3n) is 5.58. The van der Waals surface area contributed by atoms with Crippen LogP contribution in [0, 0.1) is 10.1 Å². The summed E-state index contributed by atoms with van der Waals surface area (Å²) >= 11 is 0. The highest BCUT2D eigenvalue weighted by Crippen LogP contribution is 2.63. The molecular formula is C23H25N4O7P. The second kappa shape index (κ2) is 8.76. The summed E-state index contributed by atoms with van der Waals surface area (Å²) in [6, 6.07) is 9.10. The average molecular weight is 506 g/mol. The number of rotatable bonds is 9. The summed E-state index contributed by atoms with van der Waals surface area (Å²) in [6.45, 7) is -2.14. The van der Waals surface area contributed by atoms with Crippen LogP contribution in [0.3, 0.4) is 0 Å². The zero-order chi connectivity index (χ0) is 29.9. The summed E-state index contributed by atoms with van der Waals surface area (Å²) in [5, 5.41) is 12.3. The van der Waals surface area contributed by atoms with Crippen molar-refractivity contribution in [2.75, 3.05) is 40.1 Å². The second-order valence-corrected chi connectivity index (χ2v) is 10.5. The average Bonchev–Trinajstić information content (AvgIpc) is 3.77. The summed E-state index contributed by atoms with van der Waals surface area (Å²) in [6.07, 6.45) is -0.722. The smallest absolute Gasteiger partial charge is 0.346 e. The lowest BCUT2D eigenvalue weighted by atomic mass is 10.2. The first-order valence-corrected chi connectivity index (χ1v) is 12.2. The Bertz CT molecular complexity index is 1540. The molecule has 2 aliphatic heterocycles. The molecule has 0 spiro atoms. The van der Waals surface area contributed by atoms with Gasteiger partial charge >= 0.3 is 13.4 Å². The normalized spacial score (nSPS) is 20.0. The molecule has 12 heteroatoms. The molecule has 0 unspecified atom stereocenters. The number of nitro groups is 1. The molecule has 11 nitrogen and oxygen atoms in total. The molecule has 2 aliphatic rings. The Morgan fingerprint density at radius 2 is 1.91 bits per heavy atom. The summed E-state index contributed by atoms with van der Waals surface area (Å²) in [5.74, 6) is -1.28. The van der Waals surface area contributed by atoms with E-state index in [-0.39, 0.29) is 27.5 Å². The van der Waals surface area contributed by atoms with Gasteiger partial charge in [0.05, 0.1) is 11.0 Å². The molecule has 1 aromatic heterocycles. The van der Waals surface area contributed by atoms with Gasteiger partial charge in [-0.2, -0.15) is 0 Å². The Kier molecular flexibility index (Phi) is 4.31. The van der Waals surface area contributed by atoms with Crippen LogP contribution in [0.2, 0.25) is 0 Å². The number of hydrogen-bond acceptors (Lipinski definition) is 7. The molecular weight excluding hydrogens is 475 g/mol. The minimum atomic E-state index is -3.25. The highest BCUT2D eigenvalue weighted by Gasteiger charge is 2.50. The van der Waals surface area contributed by atoms with E-state index in [1.54, 1.807) is 22.3 Å². The van der Waals surface area contributed by atoms with E-state index in [0.717, 1.165) is 12.1 Å². The van der Waals surface area contributed by atoms with E-state index in [4.69, 9.17) is 21.9 Å². The summed E-state index contributed by atoms with van der Waals surface area (Å²) in [5.41, 5.74) is -0.607. The first kappa shape index (κ1) is 17.2. The fraction of sp³-hybridized carbons (Fsp3) is 0.348. The van der Waals surface area contributed by atoms with Crippen molar-refractivity contribution in [2.45, 2.75) is 13.0 Å². The molecule has 3 aromatic rings. The fourth-order valence-electron chi connectivity index (χ4n) is 3.61. The van der Waals surface area contributed by atoms with Gasteiger partial charge in [-0.3, -0.25) is 24.0 Å². The SMILES string of the molecule is [2H]C([2H])([2H])N(C(=O)c1cccc(Oc2cc3cc([C@H](C)OP(=O)(N4CC4)N4CC4)oc3cc2[N+](=O)[O-])c1)C([2H])([2H])[2H]. The number of ether oxygens (including phenoxy) is 1. The molecule has 0 saturated carbocycles. The van der Waals surface area contributed by atoms with E-state index < -0.39 is 44.2 Å². The van der Waals surface area contributed by atoms with Crippen LogP contribution in [0.25, 0.3) is 11.0 Å². The van der Waals surface area contributed by atoms with Crippen molar-refractivity contribution in [3.8, 4) is 11.5 Å². The fourth-order valence-corrected chi connectivity index (χ4v) is 5.94. The van der Waals surface area contributed by atoms with Gasteiger partial charge in [-0.25, -0.2) is 9.34 Å². The van der Waals surface area contributed by atoms with Gasteiger partial charge in [0.2, 0.25) is 5.75 Å². The number of furan rings is 1. The molecule has 2 saturated heterocycles. The molecule has 3 heterocycles. The van der Waals surface area contributed by atoms with E-state index >= 15 is 0 Å². The van der Waals surface area contributed by atoms with E-state index in [2.05, 4.69) is 0 Å². The quantitative estimate of drug-likeness (QED) is 0.177. The predicted octanol–water partition coefficient (Wildman–Crippen LogP) is 4.65. The van der Waals surface area contributed by atoms with Crippen molar-refractivity contribution < 1.29 is 36.2 Å². The monoisotopic (exact) mass is 506 g/mol. The summed E-state index contributed by atoms with van der Waals surface area (Å²) < 4.78 is 79.2. The largest absolute Gasteiger partial charge is 0.458 e. The van der Waals surface area contributed by atoms with Gasteiger partial charge in [0.15, 0.2) is 0 Å². The van der Waals surface area contributed by atoms with Crippen molar-refractivity contribution in [1.82, 2.24) is 14.2 Å². The molecule has 2 aromatic carbocycles. The van der Waals surface area contributed by atoms with Crippen molar-refractivity contribution >= 4 is 30.2 Å². The predicted molar refractivity (Wildman–Crippen MR) is 128 cm³/mol. The lowest BCUT2D eigenvalue weighted by molar-refractivity contribution is -0.385. The van der Waals surface area contributed by atoms with E-state index in [1.807, 2.05) is 0 Å². The van der Waals surface area contributed by atoms with Crippen molar-refractivity contribution in [3.05, 3.63) is 63.9 Å². The maximum absolute atomic E-state index is 13.4. The van der Waals surface area contributed by atoms with E-state index in [9.17, 15) is 19.5 Å². The molecule has 35 heavy (non-hydrogen) atoms. The number of carbonyl (C=O) groups excluding carboxylic acids is 1. The van der Waals surface area contributed by atoms with Crippen LogP contribution in [0.5, 0.6) is 11.5 Å². The Morgan fingerprint density at radius 1 is 1.20 bits per heavy atom. The Morgan fingerprint density at radius 3 is 2.54 bits per heavy atom. The molecule has 184 valence electrons. The number of nitro benzene ring substituents is 1. The number of nitrogens with zero attached hydrogens (tertiary/aromatic N) is 4. The van der Waals surface area contributed by atoms with Crippen molar-refractivity contribution in [1.29, 1.82) is 0 Å². The molecule has 2 fully saturated rings. The van der Waals surface area contributed by atoms with E-state index in [0.29, 0.717) is 37.3 Å². The van der Waals surface area contributed by atoms with Gasteiger partial charge in [-0.15, -0.1) is 0 Å². The topological polar surface area (TPSA) is 118 Å². The zero-order valence-corrected chi connectivity index (χ0v) is 19.4. The molecule has 1 amide bonds. The maximum Gasteiger partial charge on any atom is 0.346 e. The molecule has 0 bridgehead atoms. The minimum absolute atomic E-state index is 0.0762. The number of hydrogen-bond donors (Lipinski definition) is 0. The summed E-state index contributed by atoms with van der Waals surface area (Å²) in [7, 11) is -3.16.